The van der Waals surface area contributed by atoms with E-state index in [9.17, 15) is 22.0 Å². The van der Waals surface area contributed by atoms with E-state index in [0.29, 0.717) is 12.8 Å². The third-order valence-corrected chi connectivity index (χ3v) is 5.57. The van der Waals surface area contributed by atoms with E-state index < -0.39 is 38.9 Å². The number of ketones is 1. The molecule has 0 saturated carbocycles. The molecule has 0 radical (unpaired) electrons. The van der Waals surface area contributed by atoms with Gasteiger partial charge < -0.3 is 0 Å². The van der Waals surface area contributed by atoms with Gasteiger partial charge in [0.1, 0.15) is 16.9 Å². The van der Waals surface area contributed by atoms with Crippen molar-refractivity contribution in [3.63, 3.8) is 0 Å². The Hall–Kier alpha value is -1.30. The van der Waals surface area contributed by atoms with Gasteiger partial charge in [-0.1, -0.05) is 12.5 Å². The Morgan fingerprint density at radius 1 is 1.21 bits per heavy atom. The molecule has 1 fully saturated rings. The molecule has 1 aliphatic heterocycles. The van der Waals surface area contributed by atoms with Gasteiger partial charge in [-0.05, 0) is 25.0 Å². The second-order valence-corrected chi connectivity index (χ2v) is 7.00. The fourth-order valence-corrected chi connectivity index (χ4v) is 4.21. The number of carbonyl (C=O) groups excluding carboxylic acids is 1. The van der Waals surface area contributed by atoms with Gasteiger partial charge in [0.05, 0.1) is 5.75 Å². The van der Waals surface area contributed by atoms with E-state index in [1.807, 2.05) is 0 Å². The Bertz CT molecular complexity index is 576. The molecule has 104 valence electrons. The lowest BCUT2D eigenvalue weighted by molar-refractivity contribution is -0.118. The highest BCUT2D eigenvalue weighted by molar-refractivity contribution is 7.92. The SMILES string of the molecule is O=C(Cc1c(F)cccc1F)C1CCCCS1(=O)=O. The van der Waals surface area contributed by atoms with Gasteiger partial charge >= 0.3 is 0 Å². The molecular formula is C13H14F2O3S. The number of rotatable bonds is 3. The van der Waals surface area contributed by atoms with Crippen LogP contribution in [0.15, 0.2) is 18.2 Å². The summed E-state index contributed by atoms with van der Waals surface area (Å²) >= 11 is 0. The minimum absolute atomic E-state index is 0.0246. The van der Waals surface area contributed by atoms with Crippen LogP contribution in [0.1, 0.15) is 24.8 Å². The first-order chi connectivity index (χ1) is 8.92. The maximum absolute atomic E-state index is 13.4. The highest BCUT2D eigenvalue weighted by Crippen LogP contribution is 2.23. The molecule has 1 atom stereocenters. The molecule has 6 heteroatoms. The zero-order valence-corrected chi connectivity index (χ0v) is 11.1. The zero-order valence-electron chi connectivity index (χ0n) is 10.2. The molecule has 1 heterocycles. The van der Waals surface area contributed by atoms with Crippen LogP contribution in [-0.2, 0) is 21.1 Å². The van der Waals surface area contributed by atoms with Crippen LogP contribution in [0.5, 0.6) is 0 Å². The van der Waals surface area contributed by atoms with Crippen LogP contribution in [0.4, 0.5) is 8.78 Å². The van der Waals surface area contributed by atoms with E-state index in [1.54, 1.807) is 0 Å². The Morgan fingerprint density at radius 3 is 2.42 bits per heavy atom. The molecule has 1 unspecified atom stereocenters. The van der Waals surface area contributed by atoms with E-state index in [-0.39, 0.29) is 17.7 Å². The lowest BCUT2D eigenvalue weighted by atomic mass is 10.0. The summed E-state index contributed by atoms with van der Waals surface area (Å²) in [5, 5.41) is -1.11. The van der Waals surface area contributed by atoms with Gasteiger partial charge in [0, 0.05) is 12.0 Å². The third kappa shape index (κ3) is 3.00. The molecule has 2 rings (SSSR count). The fraction of sp³-hybridized carbons (Fsp3) is 0.462. The van der Waals surface area contributed by atoms with E-state index >= 15 is 0 Å². The molecule has 0 spiro atoms. The summed E-state index contributed by atoms with van der Waals surface area (Å²) in [6.07, 6.45) is 0.926. The molecular weight excluding hydrogens is 274 g/mol. The summed E-state index contributed by atoms with van der Waals surface area (Å²) < 4.78 is 50.4. The normalized spacial score (nSPS) is 22.1. The van der Waals surface area contributed by atoms with Crippen molar-refractivity contribution in [2.75, 3.05) is 5.75 Å². The Kier molecular flexibility index (Phi) is 3.99. The number of hydrogen-bond donors (Lipinski definition) is 0. The van der Waals surface area contributed by atoms with Crippen molar-refractivity contribution < 1.29 is 22.0 Å². The maximum atomic E-state index is 13.4. The van der Waals surface area contributed by atoms with E-state index in [0.717, 1.165) is 12.1 Å². The summed E-state index contributed by atoms with van der Waals surface area (Å²) in [5.74, 6) is -2.28. The number of benzene rings is 1. The molecule has 0 amide bonds. The zero-order chi connectivity index (χ0) is 14.0. The van der Waals surface area contributed by atoms with Gasteiger partial charge in [-0.15, -0.1) is 0 Å². The third-order valence-electron chi connectivity index (χ3n) is 3.35. The number of Topliss-reactive ketones (excluding diaryl/α,β-unsaturated/α-hetero) is 1. The minimum atomic E-state index is -3.46. The Balaban J connectivity index is 2.22. The second-order valence-electron chi connectivity index (χ2n) is 4.69. The van der Waals surface area contributed by atoms with Crippen molar-refractivity contribution in [2.24, 2.45) is 0 Å². The first-order valence-corrected chi connectivity index (χ1v) is 7.80. The van der Waals surface area contributed by atoms with Crippen LogP contribution in [0.2, 0.25) is 0 Å². The lowest BCUT2D eigenvalue weighted by Crippen LogP contribution is -2.36. The second kappa shape index (κ2) is 5.36. The minimum Gasteiger partial charge on any atom is -0.298 e. The Morgan fingerprint density at radius 2 is 1.84 bits per heavy atom. The predicted molar refractivity (Wildman–Crippen MR) is 66.5 cm³/mol. The van der Waals surface area contributed by atoms with Crippen LogP contribution in [0.3, 0.4) is 0 Å². The molecule has 0 aromatic heterocycles. The van der Waals surface area contributed by atoms with Crippen LogP contribution >= 0.6 is 0 Å². The highest BCUT2D eigenvalue weighted by Gasteiger charge is 2.35. The predicted octanol–water partition coefficient (Wildman–Crippen LogP) is 2.04. The summed E-state index contributed by atoms with van der Waals surface area (Å²) in [4.78, 5) is 12.0. The monoisotopic (exact) mass is 288 g/mol. The van der Waals surface area contributed by atoms with Gasteiger partial charge in [-0.2, -0.15) is 0 Å². The van der Waals surface area contributed by atoms with Crippen molar-refractivity contribution in [1.82, 2.24) is 0 Å². The summed E-state index contributed by atoms with van der Waals surface area (Å²) in [6.45, 7) is 0. The van der Waals surface area contributed by atoms with Crippen molar-refractivity contribution in [2.45, 2.75) is 30.9 Å². The van der Waals surface area contributed by atoms with Gasteiger partial charge in [0.15, 0.2) is 15.6 Å². The van der Waals surface area contributed by atoms with Gasteiger partial charge in [-0.25, -0.2) is 17.2 Å². The van der Waals surface area contributed by atoms with Crippen LogP contribution in [0.25, 0.3) is 0 Å². The topological polar surface area (TPSA) is 51.2 Å². The number of sulfone groups is 1. The number of hydrogen-bond acceptors (Lipinski definition) is 3. The number of halogens is 2. The van der Waals surface area contributed by atoms with Crippen molar-refractivity contribution in [3.05, 3.63) is 35.4 Å². The van der Waals surface area contributed by atoms with E-state index in [4.69, 9.17) is 0 Å². The summed E-state index contributed by atoms with van der Waals surface area (Å²) in [6, 6.07) is 3.32. The van der Waals surface area contributed by atoms with Gasteiger partial charge in [0.2, 0.25) is 0 Å². The average Bonchev–Trinajstić information content (AvgIpc) is 2.33. The van der Waals surface area contributed by atoms with Crippen molar-refractivity contribution >= 4 is 15.6 Å². The van der Waals surface area contributed by atoms with Gasteiger partial charge in [0.25, 0.3) is 0 Å². The molecule has 3 nitrogen and oxygen atoms in total. The van der Waals surface area contributed by atoms with Crippen molar-refractivity contribution in [1.29, 1.82) is 0 Å². The average molecular weight is 288 g/mol. The maximum Gasteiger partial charge on any atom is 0.160 e. The quantitative estimate of drug-likeness (QED) is 0.855. The highest BCUT2D eigenvalue weighted by atomic mass is 32.2. The summed E-state index contributed by atoms with van der Waals surface area (Å²) in [5.41, 5.74) is -0.353. The molecule has 19 heavy (non-hydrogen) atoms. The molecule has 0 aliphatic carbocycles. The molecule has 1 aromatic rings. The fourth-order valence-electron chi connectivity index (χ4n) is 2.31. The molecule has 1 aromatic carbocycles. The first-order valence-electron chi connectivity index (χ1n) is 6.09. The van der Waals surface area contributed by atoms with Crippen LogP contribution < -0.4 is 0 Å². The van der Waals surface area contributed by atoms with Crippen molar-refractivity contribution in [3.8, 4) is 0 Å². The van der Waals surface area contributed by atoms with Crippen LogP contribution in [-0.4, -0.2) is 25.2 Å². The molecule has 0 bridgehead atoms. The first kappa shape index (κ1) is 14.1. The smallest absolute Gasteiger partial charge is 0.160 e. The number of carbonyl (C=O) groups is 1. The van der Waals surface area contributed by atoms with Crippen LogP contribution in [0, 0.1) is 11.6 Å². The standard InChI is InChI=1S/C13H14F2O3S/c14-10-4-3-5-11(15)9(10)8-12(16)13-6-1-2-7-19(13,17)18/h3-5,13H,1-2,6-8H2. The van der Waals surface area contributed by atoms with E-state index in [2.05, 4.69) is 0 Å². The molecule has 1 saturated heterocycles. The lowest BCUT2D eigenvalue weighted by Gasteiger charge is -2.21. The summed E-state index contributed by atoms with van der Waals surface area (Å²) in [7, 11) is -3.46. The largest absolute Gasteiger partial charge is 0.298 e. The molecule has 1 aliphatic rings. The molecule has 0 N–H and O–H groups in total. The Labute approximate surface area is 110 Å². The van der Waals surface area contributed by atoms with Gasteiger partial charge in [-0.3, -0.25) is 4.79 Å². The van der Waals surface area contributed by atoms with E-state index in [1.165, 1.54) is 6.07 Å².